The van der Waals surface area contributed by atoms with Gasteiger partial charge in [-0.1, -0.05) is 6.07 Å². The molecule has 0 spiro atoms. The summed E-state index contributed by atoms with van der Waals surface area (Å²) in [6, 6.07) is 9.36. The Hall–Kier alpha value is -2.62. The first-order valence-electron chi connectivity index (χ1n) is 9.40. The van der Waals surface area contributed by atoms with Crippen molar-refractivity contribution in [3.8, 4) is 11.5 Å². The number of aliphatic hydroxyl groups is 1. The Morgan fingerprint density at radius 2 is 1.90 bits per heavy atom. The first-order chi connectivity index (χ1) is 14.2. The van der Waals surface area contributed by atoms with Gasteiger partial charge in [-0.3, -0.25) is 0 Å². The fourth-order valence-electron chi connectivity index (χ4n) is 3.67. The van der Waals surface area contributed by atoms with E-state index in [1.54, 1.807) is 19.2 Å². The Bertz CT molecular complexity index is 1050. The van der Waals surface area contributed by atoms with E-state index in [2.05, 4.69) is 9.46 Å². The average molecular weight is 435 g/mol. The van der Waals surface area contributed by atoms with Crippen molar-refractivity contribution in [3.63, 3.8) is 0 Å². The highest BCUT2D eigenvalue weighted by Gasteiger charge is 2.36. The van der Waals surface area contributed by atoms with E-state index in [0.29, 0.717) is 24.2 Å². The van der Waals surface area contributed by atoms with Crippen molar-refractivity contribution in [2.75, 3.05) is 27.9 Å². The maximum atomic E-state index is 13.0. The fourth-order valence-corrected chi connectivity index (χ4v) is 4.95. The minimum Gasteiger partial charge on any atom is -0.497 e. The lowest BCUT2D eigenvalue weighted by Gasteiger charge is -2.34. The van der Waals surface area contributed by atoms with E-state index in [0.717, 1.165) is 12.0 Å². The smallest absolute Gasteiger partial charge is 0.337 e. The predicted octanol–water partition coefficient (Wildman–Crippen LogP) is 1.99. The van der Waals surface area contributed by atoms with E-state index in [-0.39, 0.29) is 22.8 Å². The molecule has 30 heavy (non-hydrogen) atoms. The minimum atomic E-state index is -4.09. The monoisotopic (exact) mass is 435 g/mol. The SMILES string of the molecule is COC(=O)c1ccc(OC)c(S(=O)(=O)NC[C@@]2(O)CCCc3cc(OC)ccc32)c1. The molecule has 0 unspecified atom stereocenters. The van der Waals surface area contributed by atoms with Gasteiger partial charge in [0.05, 0.1) is 26.9 Å². The van der Waals surface area contributed by atoms with Crippen LogP contribution in [-0.2, 0) is 26.8 Å². The number of fused-ring (bicyclic) bond motifs is 1. The van der Waals surface area contributed by atoms with Crippen LogP contribution >= 0.6 is 0 Å². The number of hydrogen-bond donors (Lipinski definition) is 2. The molecule has 0 heterocycles. The highest BCUT2D eigenvalue weighted by molar-refractivity contribution is 7.89. The van der Waals surface area contributed by atoms with Gasteiger partial charge in [-0.15, -0.1) is 0 Å². The number of aryl methyl sites for hydroxylation is 1. The predicted molar refractivity (Wildman–Crippen MR) is 109 cm³/mol. The second-order valence-electron chi connectivity index (χ2n) is 7.09. The molecule has 9 heteroatoms. The molecule has 1 aliphatic rings. The summed E-state index contributed by atoms with van der Waals surface area (Å²) in [7, 11) is 0.0326. The van der Waals surface area contributed by atoms with Gasteiger partial charge in [0.1, 0.15) is 22.0 Å². The van der Waals surface area contributed by atoms with Gasteiger partial charge in [-0.05, 0) is 60.7 Å². The Balaban J connectivity index is 1.90. The number of carbonyl (C=O) groups excluding carboxylic acids is 1. The van der Waals surface area contributed by atoms with E-state index >= 15 is 0 Å². The minimum absolute atomic E-state index is 0.0764. The fraction of sp³-hybridized carbons (Fsp3) is 0.381. The molecule has 8 nitrogen and oxygen atoms in total. The maximum absolute atomic E-state index is 13.0. The zero-order valence-electron chi connectivity index (χ0n) is 17.1. The lowest BCUT2D eigenvalue weighted by atomic mass is 9.79. The zero-order valence-corrected chi connectivity index (χ0v) is 17.9. The van der Waals surface area contributed by atoms with Crippen molar-refractivity contribution in [2.45, 2.75) is 29.8 Å². The van der Waals surface area contributed by atoms with Gasteiger partial charge in [-0.25, -0.2) is 17.9 Å². The summed E-state index contributed by atoms with van der Waals surface area (Å²) in [5, 5.41) is 11.2. The number of carbonyl (C=O) groups is 1. The van der Waals surface area contributed by atoms with Gasteiger partial charge in [0, 0.05) is 6.54 Å². The van der Waals surface area contributed by atoms with Gasteiger partial charge in [0.25, 0.3) is 0 Å². The Morgan fingerprint density at radius 3 is 2.57 bits per heavy atom. The third kappa shape index (κ3) is 4.28. The summed E-state index contributed by atoms with van der Waals surface area (Å²) >= 11 is 0. The molecule has 3 rings (SSSR count). The van der Waals surface area contributed by atoms with Gasteiger partial charge in [0.15, 0.2) is 0 Å². The van der Waals surface area contributed by atoms with E-state index in [1.807, 2.05) is 6.07 Å². The quantitative estimate of drug-likeness (QED) is 0.640. The van der Waals surface area contributed by atoms with Crippen molar-refractivity contribution in [3.05, 3.63) is 53.1 Å². The Labute approximate surface area is 175 Å². The summed E-state index contributed by atoms with van der Waals surface area (Å²) in [5.74, 6) is 0.0988. The highest BCUT2D eigenvalue weighted by atomic mass is 32.2. The molecule has 0 fully saturated rings. The van der Waals surface area contributed by atoms with Crippen molar-refractivity contribution >= 4 is 16.0 Å². The second-order valence-corrected chi connectivity index (χ2v) is 8.83. The molecule has 0 radical (unpaired) electrons. The van der Waals surface area contributed by atoms with Crippen LogP contribution in [0.5, 0.6) is 11.5 Å². The molecular weight excluding hydrogens is 410 g/mol. The molecule has 0 amide bonds. The van der Waals surface area contributed by atoms with Gasteiger partial charge >= 0.3 is 5.97 Å². The number of benzene rings is 2. The summed E-state index contributed by atoms with van der Waals surface area (Å²) in [5.41, 5.74) is 0.313. The van der Waals surface area contributed by atoms with Gasteiger partial charge < -0.3 is 19.3 Å². The summed E-state index contributed by atoms with van der Waals surface area (Å²) < 4.78 is 43.5. The molecule has 0 bridgehead atoms. The van der Waals surface area contributed by atoms with E-state index in [4.69, 9.17) is 9.47 Å². The van der Waals surface area contributed by atoms with E-state index in [9.17, 15) is 18.3 Å². The molecule has 0 saturated heterocycles. The third-order valence-corrected chi connectivity index (χ3v) is 6.70. The summed E-state index contributed by atoms with van der Waals surface area (Å²) in [6.45, 7) is -0.222. The molecule has 2 N–H and O–H groups in total. The number of ether oxygens (including phenoxy) is 3. The first-order valence-corrected chi connectivity index (χ1v) is 10.9. The van der Waals surface area contributed by atoms with Crippen LogP contribution < -0.4 is 14.2 Å². The number of rotatable bonds is 7. The van der Waals surface area contributed by atoms with Gasteiger partial charge in [0.2, 0.25) is 10.0 Å². The molecule has 0 aliphatic heterocycles. The number of sulfonamides is 1. The lowest BCUT2D eigenvalue weighted by molar-refractivity contribution is 0.0242. The summed E-state index contributed by atoms with van der Waals surface area (Å²) in [6.07, 6.45) is 1.89. The largest absolute Gasteiger partial charge is 0.497 e. The van der Waals surface area contributed by atoms with Crippen LogP contribution in [-0.4, -0.2) is 47.4 Å². The molecule has 2 aromatic carbocycles. The molecule has 1 aliphatic carbocycles. The second kappa shape index (κ2) is 8.63. The van der Waals surface area contributed by atoms with Crippen LogP contribution in [0.15, 0.2) is 41.3 Å². The van der Waals surface area contributed by atoms with E-state index < -0.39 is 21.6 Å². The van der Waals surface area contributed by atoms with Crippen molar-refractivity contribution in [2.24, 2.45) is 0 Å². The number of nitrogens with one attached hydrogen (secondary N) is 1. The molecular formula is C21H25NO7S. The van der Waals surface area contributed by atoms with Crippen molar-refractivity contribution < 1.29 is 32.5 Å². The van der Waals surface area contributed by atoms with Crippen LogP contribution in [0.25, 0.3) is 0 Å². The normalized spacial score (nSPS) is 18.4. The molecule has 162 valence electrons. The lowest BCUT2D eigenvalue weighted by Crippen LogP contribution is -2.43. The average Bonchev–Trinajstić information content (AvgIpc) is 2.76. The first kappa shape index (κ1) is 22.1. The molecule has 0 saturated carbocycles. The number of esters is 1. The van der Waals surface area contributed by atoms with E-state index in [1.165, 1.54) is 32.4 Å². The number of hydrogen-bond acceptors (Lipinski definition) is 7. The number of methoxy groups -OCH3 is 3. The Morgan fingerprint density at radius 1 is 1.13 bits per heavy atom. The Kier molecular flexibility index (Phi) is 6.35. The van der Waals surface area contributed by atoms with Crippen molar-refractivity contribution in [1.82, 2.24) is 4.72 Å². The standard InChI is InChI=1S/C21H25NO7S/c1-27-16-7-8-17-14(11-16)5-4-10-21(17,24)13-22-30(25,26)19-12-15(20(23)29-3)6-9-18(19)28-2/h6-9,11-12,22,24H,4-5,10,13H2,1-3H3/t21-/m0/s1. The van der Waals surface area contributed by atoms with Crippen LogP contribution in [0.2, 0.25) is 0 Å². The van der Waals surface area contributed by atoms with Gasteiger partial charge in [-0.2, -0.15) is 0 Å². The van der Waals surface area contributed by atoms with Crippen LogP contribution in [0.1, 0.15) is 34.3 Å². The highest BCUT2D eigenvalue weighted by Crippen LogP contribution is 2.37. The summed E-state index contributed by atoms with van der Waals surface area (Å²) in [4.78, 5) is 11.6. The molecule has 0 aromatic heterocycles. The topological polar surface area (TPSA) is 111 Å². The van der Waals surface area contributed by atoms with Crippen LogP contribution in [0.4, 0.5) is 0 Å². The maximum Gasteiger partial charge on any atom is 0.337 e. The third-order valence-electron chi connectivity index (χ3n) is 5.28. The molecule has 2 aromatic rings. The van der Waals surface area contributed by atoms with Crippen molar-refractivity contribution in [1.29, 1.82) is 0 Å². The van der Waals surface area contributed by atoms with Crippen LogP contribution in [0.3, 0.4) is 0 Å². The zero-order chi connectivity index (χ0) is 21.9. The molecule has 1 atom stereocenters. The van der Waals surface area contributed by atoms with Crippen LogP contribution in [0, 0.1) is 0 Å².